The first-order valence-electron chi connectivity index (χ1n) is 14.1. The van der Waals surface area contributed by atoms with E-state index in [0.29, 0.717) is 6.42 Å². The van der Waals surface area contributed by atoms with Gasteiger partial charge in [0.2, 0.25) is 0 Å². The Morgan fingerprint density at radius 2 is 1.00 bits per heavy atom. The van der Waals surface area contributed by atoms with E-state index in [4.69, 9.17) is 0 Å². The Bertz CT molecular complexity index is 695. The first kappa shape index (κ1) is 30.2. The van der Waals surface area contributed by atoms with E-state index in [9.17, 15) is 19.8 Å². The van der Waals surface area contributed by atoms with E-state index in [1.54, 1.807) is 0 Å². The number of rotatable bonds is 22. The van der Waals surface area contributed by atoms with Crippen LogP contribution in [-0.4, -0.2) is 22.2 Å². The minimum Gasteiger partial charge on any atom is -0.478 e. The highest BCUT2D eigenvalue weighted by molar-refractivity contribution is 6.03. The molecule has 0 atom stereocenters. The van der Waals surface area contributed by atoms with Crippen molar-refractivity contribution in [3.8, 4) is 0 Å². The number of aromatic carboxylic acids is 2. The second kappa shape index (κ2) is 19.5. The van der Waals surface area contributed by atoms with Crippen LogP contribution in [0.2, 0.25) is 0 Å². The zero-order valence-corrected chi connectivity index (χ0v) is 22.0. The summed E-state index contributed by atoms with van der Waals surface area (Å²) < 4.78 is 0. The largest absolute Gasteiger partial charge is 0.478 e. The van der Waals surface area contributed by atoms with Crippen LogP contribution in [0.25, 0.3) is 0 Å². The third kappa shape index (κ3) is 12.6. The number of benzene rings is 1. The van der Waals surface area contributed by atoms with Crippen molar-refractivity contribution in [3.63, 3.8) is 0 Å². The second-order valence-corrected chi connectivity index (χ2v) is 9.89. The summed E-state index contributed by atoms with van der Waals surface area (Å²) in [7, 11) is 0. The summed E-state index contributed by atoms with van der Waals surface area (Å²) in [5.74, 6) is -2.29. The molecular weight excluding hydrogens is 424 g/mol. The Labute approximate surface area is 208 Å². The number of carboxylic acid groups (broad SMARTS) is 2. The van der Waals surface area contributed by atoms with Crippen molar-refractivity contribution in [1.82, 2.24) is 0 Å². The number of carboxylic acids is 2. The highest BCUT2D eigenvalue weighted by Gasteiger charge is 2.22. The molecule has 1 aromatic rings. The maximum Gasteiger partial charge on any atom is 0.336 e. The summed E-state index contributed by atoms with van der Waals surface area (Å²) in [6.45, 7) is 4.34. The molecule has 0 unspecified atom stereocenters. The first-order chi connectivity index (χ1) is 16.5. The zero-order chi connectivity index (χ0) is 25.0. The molecule has 194 valence electrons. The van der Waals surface area contributed by atoms with E-state index in [1.165, 1.54) is 96.0 Å². The highest BCUT2D eigenvalue weighted by Crippen LogP contribution is 2.24. The lowest BCUT2D eigenvalue weighted by Crippen LogP contribution is -2.14. The quantitative estimate of drug-likeness (QED) is 0.164. The van der Waals surface area contributed by atoms with Gasteiger partial charge in [0.1, 0.15) is 0 Å². The van der Waals surface area contributed by atoms with Gasteiger partial charge >= 0.3 is 11.9 Å². The predicted octanol–water partition coefficient (Wildman–Crippen LogP) is 9.23. The van der Waals surface area contributed by atoms with Crippen LogP contribution in [0.4, 0.5) is 0 Å². The maximum absolute atomic E-state index is 11.8. The molecule has 0 bridgehead atoms. The molecule has 0 amide bonds. The topological polar surface area (TPSA) is 74.6 Å². The van der Waals surface area contributed by atoms with Crippen LogP contribution in [0.15, 0.2) is 12.1 Å². The van der Waals surface area contributed by atoms with E-state index in [1.807, 2.05) is 6.07 Å². The lowest BCUT2D eigenvalue weighted by Gasteiger charge is -2.15. The van der Waals surface area contributed by atoms with Gasteiger partial charge in [0.05, 0.1) is 11.1 Å². The zero-order valence-electron chi connectivity index (χ0n) is 22.0. The van der Waals surface area contributed by atoms with E-state index >= 15 is 0 Å². The van der Waals surface area contributed by atoms with Crippen LogP contribution in [0, 0.1) is 0 Å². The molecule has 1 rings (SSSR count). The lowest BCUT2D eigenvalue weighted by molar-refractivity contribution is 0.0650. The molecule has 1 aromatic carbocycles. The molecular formula is C30H50O4. The van der Waals surface area contributed by atoms with Crippen LogP contribution in [-0.2, 0) is 12.8 Å². The van der Waals surface area contributed by atoms with Gasteiger partial charge in [-0.3, -0.25) is 0 Å². The minimum atomic E-state index is -1.16. The van der Waals surface area contributed by atoms with Gasteiger partial charge in [0.15, 0.2) is 0 Å². The van der Waals surface area contributed by atoms with E-state index in [2.05, 4.69) is 13.8 Å². The number of hydrogen-bond donors (Lipinski definition) is 2. The fourth-order valence-corrected chi connectivity index (χ4v) is 4.85. The maximum atomic E-state index is 11.8. The molecule has 0 aliphatic heterocycles. The number of aryl methyl sites for hydroxylation is 1. The van der Waals surface area contributed by atoms with Crippen LogP contribution in [0.1, 0.15) is 161 Å². The monoisotopic (exact) mass is 474 g/mol. The Morgan fingerprint density at radius 1 is 0.559 bits per heavy atom. The van der Waals surface area contributed by atoms with Crippen LogP contribution >= 0.6 is 0 Å². The number of carbonyl (C=O) groups is 2. The van der Waals surface area contributed by atoms with E-state index < -0.39 is 11.9 Å². The molecule has 0 aliphatic rings. The van der Waals surface area contributed by atoms with E-state index in [0.717, 1.165) is 43.2 Å². The molecule has 2 N–H and O–H groups in total. The van der Waals surface area contributed by atoms with E-state index in [-0.39, 0.29) is 11.1 Å². The van der Waals surface area contributed by atoms with Crippen molar-refractivity contribution in [1.29, 1.82) is 0 Å². The van der Waals surface area contributed by atoms with Crippen LogP contribution in [0.3, 0.4) is 0 Å². The summed E-state index contributed by atoms with van der Waals surface area (Å²) in [6, 6.07) is 3.31. The average Bonchev–Trinajstić information content (AvgIpc) is 2.82. The summed E-state index contributed by atoms with van der Waals surface area (Å²) in [6.07, 6.45) is 24.6. The molecule has 0 spiro atoms. The fraction of sp³-hybridized carbons (Fsp3) is 0.733. The Kier molecular flexibility index (Phi) is 17.3. The standard InChI is InChI=1S/C30H50O4/c1-3-5-7-8-9-10-11-12-13-14-15-16-17-18-19-20-21-25-23-24-27(29(31)32)28(30(33)34)26(25)22-6-4-2/h23-24H,3-22H2,1-2H3,(H,31,32)(H,33,34). The van der Waals surface area contributed by atoms with Gasteiger partial charge in [-0.15, -0.1) is 0 Å². The Hall–Kier alpha value is -1.84. The van der Waals surface area contributed by atoms with Crippen molar-refractivity contribution in [2.45, 2.75) is 142 Å². The van der Waals surface area contributed by atoms with Crippen molar-refractivity contribution in [2.24, 2.45) is 0 Å². The summed E-state index contributed by atoms with van der Waals surface area (Å²) >= 11 is 0. The van der Waals surface area contributed by atoms with Crippen molar-refractivity contribution in [2.75, 3.05) is 0 Å². The molecule has 0 saturated carbocycles. The van der Waals surface area contributed by atoms with Crippen molar-refractivity contribution < 1.29 is 19.8 Å². The molecule has 0 saturated heterocycles. The summed E-state index contributed by atoms with van der Waals surface area (Å²) in [4.78, 5) is 23.3. The average molecular weight is 475 g/mol. The van der Waals surface area contributed by atoms with Gasteiger partial charge in [0.25, 0.3) is 0 Å². The Morgan fingerprint density at radius 3 is 1.41 bits per heavy atom. The molecule has 0 radical (unpaired) electrons. The van der Waals surface area contributed by atoms with Crippen molar-refractivity contribution >= 4 is 11.9 Å². The Balaban J connectivity index is 2.24. The van der Waals surface area contributed by atoms with Gasteiger partial charge in [0, 0.05) is 0 Å². The smallest absolute Gasteiger partial charge is 0.336 e. The third-order valence-electron chi connectivity index (χ3n) is 6.93. The van der Waals surface area contributed by atoms with Crippen LogP contribution < -0.4 is 0 Å². The van der Waals surface area contributed by atoms with Crippen LogP contribution in [0.5, 0.6) is 0 Å². The lowest BCUT2D eigenvalue weighted by atomic mass is 9.89. The normalized spacial score (nSPS) is 11.1. The molecule has 0 fully saturated rings. The van der Waals surface area contributed by atoms with Gasteiger partial charge in [-0.25, -0.2) is 9.59 Å². The predicted molar refractivity (Wildman–Crippen MR) is 142 cm³/mol. The van der Waals surface area contributed by atoms with Gasteiger partial charge in [-0.05, 0) is 42.9 Å². The summed E-state index contributed by atoms with van der Waals surface area (Å²) in [5.41, 5.74) is 1.65. The van der Waals surface area contributed by atoms with Gasteiger partial charge < -0.3 is 10.2 Å². The van der Waals surface area contributed by atoms with Gasteiger partial charge in [-0.2, -0.15) is 0 Å². The van der Waals surface area contributed by atoms with Crippen molar-refractivity contribution in [3.05, 3.63) is 34.4 Å². The third-order valence-corrected chi connectivity index (χ3v) is 6.93. The SMILES string of the molecule is CCCCCCCCCCCCCCCCCCc1ccc(C(=O)O)c(C(=O)O)c1CCCC. The molecule has 4 heteroatoms. The number of hydrogen-bond acceptors (Lipinski definition) is 2. The molecule has 0 aliphatic carbocycles. The molecule has 4 nitrogen and oxygen atoms in total. The summed E-state index contributed by atoms with van der Waals surface area (Å²) in [5, 5.41) is 19.1. The molecule has 34 heavy (non-hydrogen) atoms. The highest BCUT2D eigenvalue weighted by atomic mass is 16.4. The molecule has 0 heterocycles. The van der Waals surface area contributed by atoms with Gasteiger partial charge in [-0.1, -0.05) is 123 Å². The number of unbranched alkanes of at least 4 members (excludes halogenated alkanes) is 16. The minimum absolute atomic E-state index is 0.00468. The molecule has 0 aromatic heterocycles. The first-order valence-corrected chi connectivity index (χ1v) is 14.1. The fourth-order valence-electron chi connectivity index (χ4n) is 4.85. The second-order valence-electron chi connectivity index (χ2n) is 9.89.